The standard InChI is InChI=1S/C14H27N3O2/c1-10-7-6-8-17(9-10)13(19)15-11(2)12(18)16-14(3,4)5/h10-11H,6-9H2,1-5H3,(H,15,19)(H,16,18). The molecule has 1 heterocycles. The van der Waals surface area contributed by atoms with Crippen LogP contribution < -0.4 is 10.6 Å². The zero-order valence-electron chi connectivity index (χ0n) is 12.7. The summed E-state index contributed by atoms with van der Waals surface area (Å²) in [5, 5.41) is 5.63. The molecule has 5 heteroatoms. The van der Waals surface area contributed by atoms with Crippen molar-refractivity contribution in [2.75, 3.05) is 13.1 Å². The first-order chi connectivity index (χ1) is 8.69. The van der Waals surface area contributed by atoms with E-state index < -0.39 is 6.04 Å². The molecule has 1 aliphatic heterocycles. The number of carbonyl (C=O) groups is 2. The lowest BCUT2D eigenvalue weighted by Gasteiger charge is -2.32. The molecule has 0 aromatic heterocycles. The Hall–Kier alpha value is -1.26. The van der Waals surface area contributed by atoms with Gasteiger partial charge in [-0.15, -0.1) is 0 Å². The highest BCUT2D eigenvalue weighted by Gasteiger charge is 2.25. The number of urea groups is 1. The van der Waals surface area contributed by atoms with Crippen LogP contribution in [0.25, 0.3) is 0 Å². The minimum Gasteiger partial charge on any atom is -0.350 e. The molecule has 1 fully saturated rings. The van der Waals surface area contributed by atoms with Gasteiger partial charge in [0.05, 0.1) is 0 Å². The third kappa shape index (κ3) is 5.49. The molecule has 3 amide bonds. The Labute approximate surface area is 116 Å². The van der Waals surface area contributed by atoms with E-state index in [9.17, 15) is 9.59 Å². The number of nitrogens with zero attached hydrogens (tertiary/aromatic N) is 1. The van der Waals surface area contributed by atoms with Crippen molar-refractivity contribution in [2.45, 2.75) is 59.0 Å². The van der Waals surface area contributed by atoms with Gasteiger partial charge in [0.2, 0.25) is 5.91 Å². The van der Waals surface area contributed by atoms with Gasteiger partial charge in [0.1, 0.15) is 6.04 Å². The van der Waals surface area contributed by atoms with Crippen molar-refractivity contribution in [3.05, 3.63) is 0 Å². The molecule has 0 aromatic rings. The molecule has 0 aromatic carbocycles. The number of amides is 3. The second kappa shape index (κ2) is 6.26. The number of piperidine rings is 1. The SMILES string of the molecule is CC1CCCN(C(=O)NC(C)C(=O)NC(C)(C)C)C1. The van der Waals surface area contributed by atoms with Crippen molar-refractivity contribution < 1.29 is 9.59 Å². The average molecular weight is 269 g/mol. The summed E-state index contributed by atoms with van der Waals surface area (Å²) in [5.74, 6) is 0.393. The van der Waals surface area contributed by atoms with Gasteiger partial charge in [-0.3, -0.25) is 4.79 Å². The Morgan fingerprint density at radius 2 is 1.95 bits per heavy atom. The Kier molecular flexibility index (Phi) is 5.20. The van der Waals surface area contributed by atoms with Gasteiger partial charge in [0.15, 0.2) is 0 Å². The van der Waals surface area contributed by atoms with E-state index >= 15 is 0 Å². The predicted molar refractivity (Wildman–Crippen MR) is 75.9 cm³/mol. The van der Waals surface area contributed by atoms with Gasteiger partial charge >= 0.3 is 6.03 Å². The maximum atomic E-state index is 12.1. The molecule has 0 bridgehead atoms. The van der Waals surface area contributed by atoms with E-state index in [-0.39, 0.29) is 17.5 Å². The quantitative estimate of drug-likeness (QED) is 0.802. The Bertz CT molecular complexity index is 336. The minimum atomic E-state index is -0.510. The molecule has 19 heavy (non-hydrogen) atoms. The van der Waals surface area contributed by atoms with Crippen LogP contribution >= 0.6 is 0 Å². The summed E-state index contributed by atoms with van der Waals surface area (Å²) in [6.07, 6.45) is 2.21. The van der Waals surface area contributed by atoms with Gasteiger partial charge in [-0.25, -0.2) is 4.79 Å². The Balaban J connectivity index is 2.45. The van der Waals surface area contributed by atoms with Crippen LogP contribution in [-0.2, 0) is 4.79 Å². The summed E-state index contributed by atoms with van der Waals surface area (Å²) < 4.78 is 0. The fraction of sp³-hybridized carbons (Fsp3) is 0.857. The van der Waals surface area contributed by atoms with Crippen LogP contribution in [0.4, 0.5) is 4.79 Å². The van der Waals surface area contributed by atoms with Crippen molar-refractivity contribution in [1.29, 1.82) is 0 Å². The third-order valence-corrected chi connectivity index (χ3v) is 3.18. The van der Waals surface area contributed by atoms with Crippen LogP contribution in [0.15, 0.2) is 0 Å². The lowest BCUT2D eigenvalue weighted by Crippen LogP contribution is -2.54. The third-order valence-electron chi connectivity index (χ3n) is 3.18. The largest absolute Gasteiger partial charge is 0.350 e. The molecule has 0 aliphatic carbocycles. The first-order valence-electron chi connectivity index (χ1n) is 7.06. The zero-order valence-corrected chi connectivity index (χ0v) is 12.7. The monoisotopic (exact) mass is 269 g/mol. The smallest absolute Gasteiger partial charge is 0.318 e. The molecular weight excluding hydrogens is 242 g/mol. The van der Waals surface area contributed by atoms with Crippen LogP contribution in [0.2, 0.25) is 0 Å². The number of nitrogens with one attached hydrogen (secondary N) is 2. The van der Waals surface area contributed by atoms with Crippen LogP contribution in [0.3, 0.4) is 0 Å². The van der Waals surface area contributed by atoms with Gasteiger partial charge in [0, 0.05) is 18.6 Å². The maximum absolute atomic E-state index is 12.1. The van der Waals surface area contributed by atoms with E-state index in [0.717, 1.165) is 19.5 Å². The van der Waals surface area contributed by atoms with Gasteiger partial charge < -0.3 is 15.5 Å². The number of carbonyl (C=O) groups excluding carboxylic acids is 2. The topological polar surface area (TPSA) is 61.4 Å². The number of hydrogen-bond donors (Lipinski definition) is 2. The van der Waals surface area contributed by atoms with E-state index in [1.807, 2.05) is 20.8 Å². The molecule has 1 saturated heterocycles. The zero-order chi connectivity index (χ0) is 14.6. The average Bonchev–Trinajstić information content (AvgIpc) is 2.26. The molecule has 1 rings (SSSR count). The van der Waals surface area contributed by atoms with Crippen LogP contribution in [0.5, 0.6) is 0 Å². The minimum absolute atomic E-state index is 0.136. The molecule has 110 valence electrons. The predicted octanol–water partition coefficient (Wildman–Crippen LogP) is 1.73. The summed E-state index contributed by atoms with van der Waals surface area (Å²) in [6.45, 7) is 11.2. The highest BCUT2D eigenvalue weighted by atomic mass is 16.2. The van der Waals surface area contributed by atoms with E-state index in [2.05, 4.69) is 17.6 Å². The summed E-state index contributed by atoms with van der Waals surface area (Å²) >= 11 is 0. The van der Waals surface area contributed by atoms with Gasteiger partial charge in [0.25, 0.3) is 0 Å². The van der Waals surface area contributed by atoms with Crippen LogP contribution in [-0.4, -0.2) is 41.5 Å². The summed E-state index contributed by atoms with van der Waals surface area (Å²) in [6, 6.07) is -0.646. The summed E-state index contributed by atoms with van der Waals surface area (Å²) in [5.41, 5.74) is -0.282. The van der Waals surface area contributed by atoms with Crippen LogP contribution in [0, 0.1) is 5.92 Å². The Morgan fingerprint density at radius 1 is 1.32 bits per heavy atom. The normalized spacial score (nSPS) is 21.7. The lowest BCUT2D eigenvalue weighted by atomic mass is 10.0. The Morgan fingerprint density at radius 3 is 2.47 bits per heavy atom. The highest BCUT2D eigenvalue weighted by molar-refractivity contribution is 5.87. The first kappa shape index (κ1) is 15.8. The second-order valence-electron chi connectivity index (χ2n) is 6.60. The van der Waals surface area contributed by atoms with Crippen molar-refractivity contribution in [3.63, 3.8) is 0 Å². The molecule has 1 aliphatic rings. The molecular formula is C14H27N3O2. The number of hydrogen-bond acceptors (Lipinski definition) is 2. The van der Waals surface area contributed by atoms with E-state index in [1.54, 1.807) is 11.8 Å². The van der Waals surface area contributed by atoms with Crippen molar-refractivity contribution in [3.8, 4) is 0 Å². The fourth-order valence-electron chi connectivity index (χ4n) is 2.19. The molecule has 2 N–H and O–H groups in total. The maximum Gasteiger partial charge on any atom is 0.318 e. The van der Waals surface area contributed by atoms with Crippen molar-refractivity contribution >= 4 is 11.9 Å². The second-order valence-corrected chi connectivity index (χ2v) is 6.60. The highest BCUT2D eigenvalue weighted by Crippen LogP contribution is 2.15. The van der Waals surface area contributed by atoms with Gasteiger partial charge in [-0.05, 0) is 46.5 Å². The van der Waals surface area contributed by atoms with E-state index in [4.69, 9.17) is 0 Å². The summed E-state index contributed by atoms with van der Waals surface area (Å²) in [7, 11) is 0. The van der Waals surface area contributed by atoms with E-state index in [1.165, 1.54) is 6.42 Å². The van der Waals surface area contributed by atoms with Gasteiger partial charge in [-0.2, -0.15) is 0 Å². The van der Waals surface area contributed by atoms with Crippen LogP contribution in [0.1, 0.15) is 47.5 Å². The molecule has 0 saturated carbocycles. The molecule has 5 nitrogen and oxygen atoms in total. The first-order valence-corrected chi connectivity index (χ1v) is 7.06. The number of likely N-dealkylation sites (tertiary alicyclic amines) is 1. The van der Waals surface area contributed by atoms with Crippen molar-refractivity contribution in [2.24, 2.45) is 5.92 Å². The summed E-state index contributed by atoms with van der Waals surface area (Å²) in [4.78, 5) is 25.8. The molecule has 0 radical (unpaired) electrons. The lowest BCUT2D eigenvalue weighted by molar-refractivity contribution is -0.124. The van der Waals surface area contributed by atoms with Crippen molar-refractivity contribution in [1.82, 2.24) is 15.5 Å². The molecule has 2 atom stereocenters. The van der Waals surface area contributed by atoms with E-state index in [0.29, 0.717) is 5.92 Å². The molecule has 0 spiro atoms. The van der Waals surface area contributed by atoms with Gasteiger partial charge in [-0.1, -0.05) is 6.92 Å². The number of rotatable bonds is 2. The fourth-order valence-corrected chi connectivity index (χ4v) is 2.19. The molecule has 2 unspecified atom stereocenters.